The van der Waals surface area contributed by atoms with Gasteiger partial charge in [0.2, 0.25) is 0 Å². The number of rotatable bonds is 5. The molecule has 0 aliphatic rings. The van der Waals surface area contributed by atoms with Crippen molar-refractivity contribution in [1.29, 1.82) is 0 Å². The van der Waals surface area contributed by atoms with E-state index in [2.05, 4.69) is 4.36 Å². The summed E-state index contributed by atoms with van der Waals surface area (Å²) in [5, 5.41) is 8.99. The minimum Gasteiger partial charge on any atom is -0.506 e. The molecular weight excluding hydrogens is 430 g/mol. The Morgan fingerprint density at radius 2 is 1.50 bits per heavy atom. The number of aromatic hydroxyl groups is 1. The molecule has 0 amide bonds. The first kappa shape index (κ1) is 24.6. The molecule has 8 heteroatoms. The van der Waals surface area contributed by atoms with E-state index in [1.807, 2.05) is 57.2 Å². The van der Waals surface area contributed by atoms with Crippen molar-refractivity contribution in [3.8, 4) is 11.5 Å². The van der Waals surface area contributed by atoms with E-state index in [-0.39, 0.29) is 17.4 Å². The molecule has 1 N–H and O–H groups in total. The topological polar surface area (TPSA) is 102 Å². The standard InChI is InChI=1S/C18H20O3.C6H5NO3S/c1-18(2,3)21-17(19)15-11-7-8-12-16(15)20-13-14-9-5-4-6-10-14;8-6-4-2-1-3-5(6)7-11(9)10/h4-12H,13H2,1-3H3;1-4,8H. The van der Waals surface area contributed by atoms with E-state index in [0.717, 1.165) is 5.56 Å². The molecule has 0 spiro atoms. The van der Waals surface area contributed by atoms with Crippen LogP contribution in [0.15, 0.2) is 83.2 Å². The van der Waals surface area contributed by atoms with E-state index in [0.29, 0.717) is 17.9 Å². The Hall–Kier alpha value is -3.65. The predicted octanol–water partition coefficient (Wildman–Crippen LogP) is 5.31. The number of carbonyl (C=O) groups excluding carboxylic acids is 1. The van der Waals surface area contributed by atoms with Crippen molar-refractivity contribution >= 4 is 22.2 Å². The summed E-state index contributed by atoms with van der Waals surface area (Å²) >= 11 is 0. The van der Waals surface area contributed by atoms with Gasteiger partial charge < -0.3 is 14.6 Å². The number of hydrogen-bond acceptors (Lipinski definition) is 7. The van der Waals surface area contributed by atoms with Crippen LogP contribution in [0.1, 0.15) is 36.7 Å². The quantitative estimate of drug-likeness (QED) is 0.523. The first-order valence-electron chi connectivity index (χ1n) is 9.74. The van der Waals surface area contributed by atoms with Crippen molar-refractivity contribution in [2.45, 2.75) is 33.0 Å². The Balaban J connectivity index is 0.000000278. The van der Waals surface area contributed by atoms with E-state index < -0.39 is 16.1 Å². The second-order valence-electron chi connectivity index (χ2n) is 7.57. The SMILES string of the molecule is CC(C)(C)OC(=O)c1ccccc1OCc1ccccc1.O=S(=O)=Nc1ccccc1O. The lowest BCUT2D eigenvalue weighted by atomic mass is 10.1. The number of benzene rings is 3. The van der Waals surface area contributed by atoms with Crippen molar-refractivity contribution in [3.05, 3.63) is 90.0 Å². The number of phenolic OH excluding ortho intramolecular Hbond substituents is 1. The van der Waals surface area contributed by atoms with E-state index in [1.165, 1.54) is 12.1 Å². The van der Waals surface area contributed by atoms with Gasteiger partial charge in [-0.25, -0.2) is 4.79 Å². The highest BCUT2D eigenvalue weighted by atomic mass is 32.2. The summed E-state index contributed by atoms with van der Waals surface area (Å²) in [6, 6.07) is 22.9. The molecule has 0 saturated carbocycles. The largest absolute Gasteiger partial charge is 0.506 e. The Morgan fingerprint density at radius 3 is 2.12 bits per heavy atom. The Bertz CT molecular complexity index is 1160. The lowest BCUT2D eigenvalue weighted by Crippen LogP contribution is -2.24. The molecule has 0 radical (unpaired) electrons. The average molecular weight is 456 g/mol. The summed E-state index contributed by atoms with van der Waals surface area (Å²) in [5.74, 6) is 0.0264. The van der Waals surface area contributed by atoms with E-state index in [9.17, 15) is 13.2 Å². The van der Waals surface area contributed by atoms with Crippen molar-refractivity contribution in [1.82, 2.24) is 0 Å². The second-order valence-corrected chi connectivity index (χ2v) is 8.19. The van der Waals surface area contributed by atoms with Crippen molar-refractivity contribution in [2.24, 2.45) is 4.36 Å². The molecule has 0 aliphatic carbocycles. The predicted molar refractivity (Wildman–Crippen MR) is 121 cm³/mol. The Morgan fingerprint density at radius 1 is 0.906 bits per heavy atom. The van der Waals surface area contributed by atoms with Crippen molar-refractivity contribution < 1.29 is 27.8 Å². The van der Waals surface area contributed by atoms with Gasteiger partial charge in [0, 0.05) is 0 Å². The highest BCUT2D eigenvalue weighted by molar-refractivity contribution is 7.61. The van der Waals surface area contributed by atoms with Crippen LogP contribution < -0.4 is 4.74 Å². The van der Waals surface area contributed by atoms with Gasteiger partial charge in [-0.1, -0.05) is 54.6 Å². The molecule has 0 aliphatic heterocycles. The summed E-state index contributed by atoms with van der Waals surface area (Å²) in [5.41, 5.74) is 1.03. The number of para-hydroxylation sites is 2. The van der Waals surface area contributed by atoms with E-state index in [4.69, 9.17) is 14.6 Å². The maximum absolute atomic E-state index is 12.2. The Labute approximate surface area is 189 Å². The van der Waals surface area contributed by atoms with Crippen LogP contribution >= 0.6 is 0 Å². The minimum atomic E-state index is -2.51. The number of hydrogen-bond donors (Lipinski definition) is 1. The molecule has 3 aromatic carbocycles. The molecule has 3 rings (SSSR count). The smallest absolute Gasteiger partial charge is 0.342 e. The van der Waals surface area contributed by atoms with E-state index >= 15 is 0 Å². The molecule has 0 aromatic heterocycles. The molecule has 3 aromatic rings. The van der Waals surface area contributed by atoms with Gasteiger partial charge in [-0.15, -0.1) is 4.36 Å². The summed E-state index contributed by atoms with van der Waals surface area (Å²) in [4.78, 5) is 12.2. The summed E-state index contributed by atoms with van der Waals surface area (Å²) in [6.07, 6.45) is 0. The van der Waals surface area contributed by atoms with Crippen LogP contribution in [0.5, 0.6) is 11.5 Å². The van der Waals surface area contributed by atoms with Crippen molar-refractivity contribution in [3.63, 3.8) is 0 Å². The number of nitrogens with zero attached hydrogens (tertiary/aromatic N) is 1. The van der Waals surface area contributed by atoms with Crippen LogP contribution in [0, 0.1) is 0 Å². The van der Waals surface area contributed by atoms with Gasteiger partial charge in [0.25, 0.3) is 0 Å². The molecule has 0 bridgehead atoms. The summed E-state index contributed by atoms with van der Waals surface area (Å²) in [6.45, 7) is 5.95. The van der Waals surface area contributed by atoms with Gasteiger partial charge in [0.15, 0.2) is 0 Å². The summed E-state index contributed by atoms with van der Waals surface area (Å²) in [7, 11) is -2.51. The van der Waals surface area contributed by atoms with Crippen LogP contribution in [0.25, 0.3) is 0 Å². The lowest BCUT2D eigenvalue weighted by molar-refractivity contribution is 0.00654. The van der Waals surface area contributed by atoms with Crippen LogP contribution in [0.2, 0.25) is 0 Å². The molecule has 7 nitrogen and oxygen atoms in total. The fourth-order valence-electron chi connectivity index (χ4n) is 2.45. The van der Waals surface area contributed by atoms with E-state index in [1.54, 1.807) is 30.3 Å². The molecular formula is C24H25NO6S. The first-order chi connectivity index (χ1) is 15.2. The third-order valence-electron chi connectivity index (χ3n) is 3.80. The monoisotopic (exact) mass is 455 g/mol. The highest BCUT2D eigenvalue weighted by Gasteiger charge is 2.20. The van der Waals surface area contributed by atoms with Crippen LogP contribution in [-0.2, 0) is 21.8 Å². The fourth-order valence-corrected chi connectivity index (χ4v) is 2.77. The molecule has 0 fully saturated rings. The number of ether oxygens (including phenoxy) is 2. The zero-order chi connectivity index (χ0) is 23.6. The van der Waals surface area contributed by atoms with Gasteiger partial charge in [-0.05, 0) is 50.6 Å². The van der Waals surface area contributed by atoms with Crippen molar-refractivity contribution in [2.75, 3.05) is 0 Å². The molecule has 0 unspecified atom stereocenters. The summed E-state index contributed by atoms with van der Waals surface area (Å²) < 4.78 is 34.4. The minimum absolute atomic E-state index is 0.0563. The molecule has 0 atom stereocenters. The number of carbonyl (C=O) groups is 1. The Kier molecular flexibility index (Phi) is 8.97. The highest BCUT2D eigenvalue weighted by Crippen LogP contribution is 2.24. The maximum Gasteiger partial charge on any atom is 0.342 e. The molecule has 32 heavy (non-hydrogen) atoms. The number of esters is 1. The first-order valence-corrected chi connectivity index (χ1v) is 10.8. The van der Waals surface area contributed by atoms with Gasteiger partial charge >= 0.3 is 16.5 Å². The normalized spacial score (nSPS) is 10.3. The molecule has 0 saturated heterocycles. The zero-order valence-corrected chi connectivity index (χ0v) is 18.9. The van der Waals surface area contributed by atoms with Crippen LogP contribution in [-0.4, -0.2) is 25.1 Å². The third kappa shape index (κ3) is 8.61. The second kappa shape index (κ2) is 11.7. The molecule has 0 heterocycles. The van der Waals surface area contributed by atoms with Gasteiger partial charge in [-0.3, -0.25) is 0 Å². The van der Waals surface area contributed by atoms with Gasteiger partial charge in [-0.2, -0.15) is 8.42 Å². The zero-order valence-electron chi connectivity index (χ0n) is 18.1. The fraction of sp³-hybridized carbons (Fsp3) is 0.208. The van der Waals surface area contributed by atoms with Crippen LogP contribution in [0.3, 0.4) is 0 Å². The number of phenols is 1. The van der Waals surface area contributed by atoms with Crippen LogP contribution in [0.4, 0.5) is 5.69 Å². The average Bonchev–Trinajstić information content (AvgIpc) is 2.74. The maximum atomic E-state index is 12.2. The third-order valence-corrected chi connectivity index (χ3v) is 4.14. The van der Waals surface area contributed by atoms with Gasteiger partial charge in [0.05, 0.1) is 0 Å². The molecule has 168 valence electrons. The van der Waals surface area contributed by atoms with Gasteiger partial charge in [0.1, 0.15) is 35.0 Å². The lowest BCUT2D eigenvalue weighted by Gasteiger charge is -2.20.